The molecule has 28 heavy (non-hydrogen) atoms. The quantitative estimate of drug-likeness (QED) is 0.786. The van der Waals surface area contributed by atoms with E-state index in [1.54, 1.807) is 14.2 Å². The van der Waals surface area contributed by atoms with Crippen LogP contribution in [0.1, 0.15) is 23.3 Å². The highest BCUT2D eigenvalue weighted by Crippen LogP contribution is 2.51. The minimum Gasteiger partial charge on any atom is -0.493 e. The Balaban J connectivity index is 1.68. The Hall–Kier alpha value is -2.48. The fourth-order valence-electron chi connectivity index (χ4n) is 4.04. The summed E-state index contributed by atoms with van der Waals surface area (Å²) in [6.07, 6.45) is -0.771. The largest absolute Gasteiger partial charge is 0.493 e. The smallest absolute Gasteiger partial charge is 0.231 e. The summed E-state index contributed by atoms with van der Waals surface area (Å²) in [5, 5.41) is 20.1. The first kappa shape index (κ1) is 18.9. The maximum atomic E-state index is 10.1. The van der Waals surface area contributed by atoms with Crippen molar-refractivity contribution in [2.24, 2.45) is 11.8 Å². The van der Waals surface area contributed by atoms with Gasteiger partial charge in [0.1, 0.15) is 0 Å². The molecule has 1 saturated heterocycles. The van der Waals surface area contributed by atoms with Crippen molar-refractivity contribution in [2.45, 2.75) is 12.2 Å². The highest BCUT2D eigenvalue weighted by molar-refractivity contribution is 5.46. The van der Waals surface area contributed by atoms with Crippen LogP contribution in [0.15, 0.2) is 36.4 Å². The average molecular weight is 388 g/mol. The van der Waals surface area contributed by atoms with Crippen LogP contribution in [0.3, 0.4) is 0 Å². The van der Waals surface area contributed by atoms with Crippen molar-refractivity contribution >= 4 is 0 Å². The summed E-state index contributed by atoms with van der Waals surface area (Å²) in [5.41, 5.74) is 1.74. The van der Waals surface area contributed by atoms with Gasteiger partial charge in [-0.25, -0.2) is 0 Å². The molecule has 2 aliphatic heterocycles. The molecule has 1 fully saturated rings. The minimum atomic E-state index is -0.391. The predicted octanol–water partition coefficient (Wildman–Crippen LogP) is 2.46. The molecule has 2 aromatic rings. The molecule has 150 valence electrons. The van der Waals surface area contributed by atoms with Crippen LogP contribution in [-0.4, -0.2) is 44.4 Å². The van der Waals surface area contributed by atoms with Crippen LogP contribution in [-0.2, 0) is 4.74 Å². The fraction of sp³-hybridized carbons (Fsp3) is 0.429. The Morgan fingerprint density at radius 2 is 1.43 bits per heavy atom. The molecule has 2 aliphatic rings. The second-order valence-corrected chi connectivity index (χ2v) is 6.90. The normalized spacial score (nSPS) is 25.7. The molecule has 0 aliphatic carbocycles. The van der Waals surface area contributed by atoms with Crippen LogP contribution >= 0.6 is 0 Å². The first-order valence-corrected chi connectivity index (χ1v) is 9.18. The lowest BCUT2D eigenvalue weighted by Gasteiger charge is -2.21. The first-order chi connectivity index (χ1) is 13.7. The third-order valence-corrected chi connectivity index (χ3v) is 5.50. The van der Waals surface area contributed by atoms with Gasteiger partial charge in [-0.2, -0.15) is 0 Å². The van der Waals surface area contributed by atoms with Crippen molar-refractivity contribution in [3.63, 3.8) is 0 Å². The standard InChI is InChI=1S/C21H24O7/c1-24-16-5-3-12(7-18(16)25-2)20-14(9-22)15(10-23)21(28-20)13-4-6-17-19(8-13)27-11-26-17/h3-8,14-15,20-23H,9-11H2,1-2H3/t14-,15+,20+,21+/m1/s1. The summed E-state index contributed by atoms with van der Waals surface area (Å²) in [6, 6.07) is 11.2. The Labute approximate surface area is 163 Å². The van der Waals surface area contributed by atoms with Crippen LogP contribution in [0.5, 0.6) is 23.0 Å². The molecule has 0 saturated carbocycles. The fourth-order valence-corrected chi connectivity index (χ4v) is 4.04. The zero-order valence-electron chi connectivity index (χ0n) is 15.8. The summed E-state index contributed by atoms with van der Waals surface area (Å²) in [6.45, 7) is -0.0132. The third-order valence-electron chi connectivity index (χ3n) is 5.50. The van der Waals surface area contributed by atoms with Gasteiger partial charge in [0, 0.05) is 25.0 Å². The second-order valence-electron chi connectivity index (χ2n) is 6.90. The van der Waals surface area contributed by atoms with Crippen molar-refractivity contribution in [3.05, 3.63) is 47.5 Å². The Kier molecular flexibility index (Phi) is 5.30. The maximum absolute atomic E-state index is 10.1. The molecule has 0 bridgehead atoms. The number of methoxy groups -OCH3 is 2. The Morgan fingerprint density at radius 3 is 2.07 bits per heavy atom. The van der Waals surface area contributed by atoms with Crippen LogP contribution in [0.25, 0.3) is 0 Å². The highest BCUT2D eigenvalue weighted by Gasteiger charge is 2.45. The lowest BCUT2D eigenvalue weighted by molar-refractivity contribution is 0.0183. The van der Waals surface area contributed by atoms with Gasteiger partial charge in [-0.1, -0.05) is 12.1 Å². The van der Waals surface area contributed by atoms with Crippen molar-refractivity contribution in [1.29, 1.82) is 0 Å². The Bertz CT molecular complexity index is 837. The van der Waals surface area contributed by atoms with E-state index in [1.165, 1.54) is 0 Å². The molecule has 0 radical (unpaired) electrons. The van der Waals surface area contributed by atoms with E-state index >= 15 is 0 Å². The van der Waals surface area contributed by atoms with Crippen molar-refractivity contribution < 1.29 is 33.9 Å². The molecule has 0 aromatic heterocycles. The van der Waals surface area contributed by atoms with Crippen molar-refractivity contribution in [3.8, 4) is 23.0 Å². The van der Waals surface area contributed by atoms with E-state index in [1.807, 2.05) is 36.4 Å². The third kappa shape index (κ3) is 3.15. The molecule has 7 heteroatoms. The van der Waals surface area contributed by atoms with E-state index in [4.69, 9.17) is 23.7 Å². The number of aliphatic hydroxyl groups is 2. The van der Waals surface area contributed by atoms with Crippen molar-refractivity contribution in [2.75, 3.05) is 34.2 Å². The van der Waals surface area contributed by atoms with Crippen LogP contribution in [0.4, 0.5) is 0 Å². The summed E-state index contributed by atoms with van der Waals surface area (Å²) in [7, 11) is 3.16. The molecular formula is C21H24O7. The van der Waals surface area contributed by atoms with E-state index in [2.05, 4.69) is 0 Å². The van der Waals surface area contributed by atoms with Gasteiger partial charge >= 0.3 is 0 Å². The van der Waals surface area contributed by atoms with Gasteiger partial charge in [0.15, 0.2) is 23.0 Å². The van der Waals surface area contributed by atoms with Gasteiger partial charge in [-0.05, 0) is 35.4 Å². The number of fused-ring (bicyclic) bond motifs is 1. The van der Waals surface area contributed by atoms with E-state index in [-0.39, 0.29) is 37.9 Å². The highest BCUT2D eigenvalue weighted by atomic mass is 16.7. The maximum Gasteiger partial charge on any atom is 0.231 e. The zero-order valence-corrected chi connectivity index (χ0v) is 15.8. The van der Waals surface area contributed by atoms with Crippen molar-refractivity contribution in [1.82, 2.24) is 0 Å². The zero-order chi connectivity index (χ0) is 19.7. The molecule has 2 heterocycles. The molecule has 7 nitrogen and oxygen atoms in total. The molecule has 0 spiro atoms. The summed E-state index contributed by atoms with van der Waals surface area (Å²) in [5.74, 6) is 2.04. The summed E-state index contributed by atoms with van der Waals surface area (Å²) in [4.78, 5) is 0. The van der Waals surface area contributed by atoms with Gasteiger partial charge in [-0.3, -0.25) is 0 Å². The number of ether oxygens (including phenoxy) is 5. The molecule has 2 aromatic carbocycles. The molecule has 0 unspecified atom stereocenters. The van der Waals surface area contributed by atoms with E-state index in [0.29, 0.717) is 23.0 Å². The summed E-state index contributed by atoms with van der Waals surface area (Å²) >= 11 is 0. The molecule has 4 atom stereocenters. The Morgan fingerprint density at radius 1 is 0.821 bits per heavy atom. The van der Waals surface area contributed by atoms with Gasteiger partial charge in [0.05, 0.1) is 26.4 Å². The lowest BCUT2D eigenvalue weighted by atomic mass is 9.83. The topological polar surface area (TPSA) is 86.6 Å². The van der Waals surface area contributed by atoms with Gasteiger partial charge in [0.25, 0.3) is 0 Å². The number of benzene rings is 2. The second kappa shape index (κ2) is 7.87. The average Bonchev–Trinajstić information content (AvgIpc) is 3.36. The van der Waals surface area contributed by atoms with Gasteiger partial charge < -0.3 is 33.9 Å². The van der Waals surface area contributed by atoms with Crippen LogP contribution in [0.2, 0.25) is 0 Å². The number of aliphatic hydroxyl groups excluding tert-OH is 2. The number of hydrogen-bond donors (Lipinski definition) is 2. The van der Waals surface area contributed by atoms with E-state index in [0.717, 1.165) is 11.1 Å². The monoisotopic (exact) mass is 388 g/mol. The number of hydrogen-bond acceptors (Lipinski definition) is 7. The van der Waals surface area contributed by atoms with Crippen LogP contribution in [0, 0.1) is 11.8 Å². The van der Waals surface area contributed by atoms with E-state index in [9.17, 15) is 10.2 Å². The van der Waals surface area contributed by atoms with Gasteiger partial charge in [0.2, 0.25) is 6.79 Å². The summed E-state index contributed by atoms with van der Waals surface area (Å²) < 4.78 is 27.9. The van der Waals surface area contributed by atoms with Crippen LogP contribution < -0.4 is 18.9 Å². The SMILES string of the molecule is COc1ccc([C@@H]2O[C@@H](c3ccc4c(c3)OCO4)[C@@H](CO)[C@H]2CO)cc1OC. The van der Waals surface area contributed by atoms with Gasteiger partial charge in [-0.15, -0.1) is 0 Å². The molecule has 0 amide bonds. The molecule has 2 N–H and O–H groups in total. The predicted molar refractivity (Wildman–Crippen MR) is 99.8 cm³/mol. The lowest BCUT2D eigenvalue weighted by Crippen LogP contribution is -2.23. The minimum absolute atomic E-state index is 0.103. The first-order valence-electron chi connectivity index (χ1n) is 9.18. The van der Waals surface area contributed by atoms with E-state index < -0.39 is 6.10 Å². The molecular weight excluding hydrogens is 364 g/mol. The molecule has 4 rings (SSSR count). The number of rotatable bonds is 6.